The van der Waals surface area contributed by atoms with Crippen molar-refractivity contribution in [3.63, 3.8) is 0 Å². The summed E-state index contributed by atoms with van der Waals surface area (Å²) in [7, 11) is 0. The molecule has 3 aromatic rings. The Labute approximate surface area is 206 Å². The van der Waals surface area contributed by atoms with E-state index in [1.54, 1.807) is 4.90 Å². The largest absolute Gasteiger partial charge is 0.387 e. The maximum Gasteiger partial charge on any atom is 0.273 e. The summed E-state index contributed by atoms with van der Waals surface area (Å²) < 4.78 is 28.5. The number of benzene rings is 3. The van der Waals surface area contributed by atoms with Crippen LogP contribution in [-0.2, 0) is 17.6 Å². The molecule has 4 rings (SSSR count). The van der Waals surface area contributed by atoms with E-state index >= 15 is 0 Å². The highest BCUT2D eigenvalue weighted by Crippen LogP contribution is 2.38. The molecule has 5 heteroatoms. The van der Waals surface area contributed by atoms with E-state index in [1.165, 1.54) is 12.0 Å². The number of rotatable bonds is 9. The highest BCUT2D eigenvalue weighted by Gasteiger charge is 2.44. The average Bonchev–Trinajstić information content (AvgIpc) is 2.85. The fourth-order valence-electron chi connectivity index (χ4n) is 5.03. The van der Waals surface area contributed by atoms with Crippen LogP contribution in [0.3, 0.4) is 0 Å². The van der Waals surface area contributed by atoms with Crippen LogP contribution in [0.4, 0.5) is 14.5 Å². The van der Waals surface area contributed by atoms with Crippen molar-refractivity contribution in [2.75, 3.05) is 11.4 Å². The number of aliphatic hydroxyl groups is 1. The van der Waals surface area contributed by atoms with Gasteiger partial charge in [0.15, 0.2) is 0 Å². The van der Waals surface area contributed by atoms with Gasteiger partial charge >= 0.3 is 0 Å². The molecule has 0 aliphatic heterocycles. The summed E-state index contributed by atoms with van der Waals surface area (Å²) >= 11 is 0. The van der Waals surface area contributed by atoms with Gasteiger partial charge in [-0.15, -0.1) is 0 Å². The first-order chi connectivity index (χ1) is 16.9. The van der Waals surface area contributed by atoms with Crippen molar-refractivity contribution in [1.82, 2.24) is 0 Å². The maximum atomic E-state index is 14.2. The van der Waals surface area contributed by atoms with Crippen molar-refractivity contribution >= 4 is 22.4 Å². The lowest BCUT2D eigenvalue weighted by Gasteiger charge is -2.36. The normalized spacial score (nSPS) is 19.5. The monoisotopic (exact) mass is 479 g/mol. The van der Waals surface area contributed by atoms with E-state index in [2.05, 4.69) is 6.92 Å². The Morgan fingerprint density at radius 3 is 2.40 bits per heavy atom. The third kappa shape index (κ3) is 6.46. The average molecular weight is 480 g/mol. The first-order valence-corrected chi connectivity index (χ1v) is 12.8. The van der Waals surface area contributed by atoms with Crippen LogP contribution in [0.25, 0.3) is 10.8 Å². The number of amides is 1. The highest BCUT2D eigenvalue weighted by atomic mass is 19.3. The second kappa shape index (κ2) is 11.3. The van der Waals surface area contributed by atoms with Crippen molar-refractivity contribution in [1.29, 1.82) is 0 Å². The lowest BCUT2D eigenvalue weighted by molar-refractivity contribution is -0.143. The van der Waals surface area contributed by atoms with Gasteiger partial charge in [0.2, 0.25) is 5.91 Å². The Hall–Kier alpha value is -2.79. The van der Waals surface area contributed by atoms with Crippen molar-refractivity contribution < 1.29 is 18.7 Å². The van der Waals surface area contributed by atoms with Gasteiger partial charge in [-0.1, -0.05) is 74.4 Å². The fourth-order valence-corrected chi connectivity index (χ4v) is 5.03. The summed E-state index contributed by atoms with van der Waals surface area (Å²) in [5, 5.41) is 11.9. The number of carbonyl (C=O) groups is 1. The van der Waals surface area contributed by atoms with Crippen LogP contribution in [-0.4, -0.2) is 29.6 Å². The van der Waals surface area contributed by atoms with E-state index in [0.717, 1.165) is 41.3 Å². The summed E-state index contributed by atoms with van der Waals surface area (Å²) in [4.78, 5) is 15.2. The summed E-state index contributed by atoms with van der Waals surface area (Å²) in [5.74, 6) is -3.58. The second-order valence-electron chi connectivity index (χ2n) is 9.91. The van der Waals surface area contributed by atoms with Gasteiger partial charge in [-0.25, -0.2) is 8.78 Å². The Morgan fingerprint density at radius 1 is 0.971 bits per heavy atom. The molecule has 0 spiro atoms. The van der Waals surface area contributed by atoms with Crippen molar-refractivity contribution in [2.24, 2.45) is 5.92 Å². The molecule has 1 fully saturated rings. The van der Waals surface area contributed by atoms with Gasteiger partial charge in [0.25, 0.3) is 5.92 Å². The standard InChI is InChI=1S/C30H35F2NO2/c1-2-3-4-7-22-11-15-27(16-12-22)33(21-24-13-17-28(34)30(31,32)20-24)29(35)19-23-10-14-25-8-5-6-9-26(25)18-23/h5-6,8-12,14-16,18,24,28,34H,2-4,7,13,17,19-21H2,1H3/t24-,28-/m1/s1. The first kappa shape index (κ1) is 25.3. The summed E-state index contributed by atoms with van der Waals surface area (Å²) in [6.07, 6.45) is 3.20. The number of aliphatic hydroxyl groups excluding tert-OH is 1. The molecular weight excluding hydrogens is 444 g/mol. The third-order valence-corrected chi connectivity index (χ3v) is 7.12. The van der Waals surface area contributed by atoms with Crippen LogP contribution in [0.5, 0.6) is 0 Å². The minimum atomic E-state index is -3.11. The van der Waals surface area contributed by atoms with E-state index < -0.39 is 18.4 Å². The van der Waals surface area contributed by atoms with Gasteiger partial charge in [-0.05, 0) is 65.6 Å². The van der Waals surface area contributed by atoms with Crippen molar-refractivity contribution in [3.05, 3.63) is 77.9 Å². The zero-order valence-corrected chi connectivity index (χ0v) is 20.4. The van der Waals surface area contributed by atoms with E-state index in [4.69, 9.17) is 0 Å². The molecule has 1 amide bonds. The van der Waals surface area contributed by atoms with Gasteiger partial charge in [-0.3, -0.25) is 4.79 Å². The summed E-state index contributed by atoms with van der Waals surface area (Å²) in [6.45, 7) is 2.40. The first-order valence-electron chi connectivity index (χ1n) is 12.8. The number of fused-ring (bicyclic) bond motifs is 1. The molecule has 186 valence electrons. The van der Waals surface area contributed by atoms with Crippen LogP contribution < -0.4 is 4.90 Å². The number of aryl methyl sites for hydroxylation is 1. The fraction of sp³-hybridized carbons (Fsp3) is 0.433. The lowest BCUT2D eigenvalue weighted by Crippen LogP contribution is -2.45. The van der Waals surface area contributed by atoms with Crippen LogP contribution in [0.2, 0.25) is 0 Å². The van der Waals surface area contributed by atoms with Crippen LogP contribution in [0.1, 0.15) is 56.6 Å². The predicted molar refractivity (Wildman–Crippen MR) is 138 cm³/mol. The van der Waals surface area contributed by atoms with Gasteiger partial charge in [-0.2, -0.15) is 0 Å². The Kier molecular flexibility index (Phi) is 8.17. The molecule has 0 unspecified atom stereocenters. The number of halogens is 2. The lowest BCUT2D eigenvalue weighted by atomic mass is 9.84. The van der Waals surface area contributed by atoms with E-state index in [9.17, 15) is 18.7 Å². The quantitative estimate of drug-likeness (QED) is 0.338. The smallest absolute Gasteiger partial charge is 0.273 e. The number of hydrogen-bond donors (Lipinski definition) is 1. The number of unbranched alkanes of at least 4 members (excludes halogenated alkanes) is 2. The molecule has 0 aromatic heterocycles. The number of anilines is 1. The molecule has 35 heavy (non-hydrogen) atoms. The molecule has 0 saturated heterocycles. The van der Waals surface area contributed by atoms with Crippen LogP contribution >= 0.6 is 0 Å². The zero-order chi connectivity index (χ0) is 24.8. The highest BCUT2D eigenvalue weighted by molar-refractivity contribution is 5.95. The SMILES string of the molecule is CCCCCc1ccc(N(C[C@@H]2CC[C@@H](O)C(F)(F)C2)C(=O)Cc2ccc3ccccc3c2)cc1. The maximum absolute atomic E-state index is 14.2. The minimum Gasteiger partial charge on any atom is -0.387 e. The number of alkyl halides is 2. The van der Waals surface area contributed by atoms with E-state index in [1.807, 2.05) is 66.7 Å². The number of hydrogen-bond acceptors (Lipinski definition) is 2. The van der Waals surface area contributed by atoms with Crippen molar-refractivity contribution in [2.45, 2.75) is 70.3 Å². The second-order valence-corrected chi connectivity index (χ2v) is 9.91. The van der Waals surface area contributed by atoms with Crippen LogP contribution in [0, 0.1) is 5.92 Å². The molecule has 1 saturated carbocycles. The molecule has 0 heterocycles. The molecule has 3 nitrogen and oxygen atoms in total. The molecular formula is C30H35F2NO2. The topological polar surface area (TPSA) is 40.5 Å². The predicted octanol–water partition coefficient (Wildman–Crippen LogP) is 6.94. The number of carbonyl (C=O) groups excluding carboxylic acids is 1. The zero-order valence-electron chi connectivity index (χ0n) is 20.4. The van der Waals surface area contributed by atoms with Crippen LogP contribution in [0.15, 0.2) is 66.7 Å². The Morgan fingerprint density at radius 2 is 1.69 bits per heavy atom. The Balaban J connectivity index is 1.54. The molecule has 1 aliphatic rings. The molecule has 0 bridgehead atoms. The third-order valence-electron chi connectivity index (χ3n) is 7.12. The molecule has 3 aromatic carbocycles. The number of nitrogens with zero attached hydrogens (tertiary/aromatic N) is 1. The van der Waals surface area contributed by atoms with Gasteiger partial charge in [0.05, 0.1) is 6.42 Å². The van der Waals surface area contributed by atoms with Gasteiger partial charge < -0.3 is 10.0 Å². The summed E-state index contributed by atoms with van der Waals surface area (Å²) in [5.41, 5.74) is 2.86. The minimum absolute atomic E-state index is 0.0563. The Bertz CT molecular complexity index is 1130. The van der Waals surface area contributed by atoms with Crippen molar-refractivity contribution in [3.8, 4) is 0 Å². The molecule has 1 aliphatic carbocycles. The molecule has 1 N–H and O–H groups in total. The van der Waals surface area contributed by atoms with E-state index in [0.29, 0.717) is 6.42 Å². The molecule has 0 radical (unpaired) electrons. The van der Waals surface area contributed by atoms with Gasteiger partial charge in [0, 0.05) is 18.7 Å². The van der Waals surface area contributed by atoms with E-state index in [-0.39, 0.29) is 31.2 Å². The van der Waals surface area contributed by atoms with Gasteiger partial charge in [0.1, 0.15) is 6.10 Å². The summed E-state index contributed by atoms with van der Waals surface area (Å²) in [6, 6.07) is 22.0. The molecule has 2 atom stereocenters.